The number of carboxylic acid groups (broad SMARTS) is 1. The summed E-state index contributed by atoms with van der Waals surface area (Å²) < 4.78 is 7.21. The average molecular weight is 540 g/mol. The molecule has 2 amide bonds. The van der Waals surface area contributed by atoms with Crippen molar-refractivity contribution in [1.29, 1.82) is 0 Å². The summed E-state index contributed by atoms with van der Waals surface area (Å²) in [6, 6.07) is 9.74. The molecule has 0 spiro atoms. The number of carboxylic acids is 1. The van der Waals surface area contributed by atoms with Crippen molar-refractivity contribution in [2.75, 3.05) is 0 Å². The monoisotopic (exact) mass is 538 g/mol. The van der Waals surface area contributed by atoms with Crippen molar-refractivity contribution in [2.45, 2.75) is 6.61 Å². The van der Waals surface area contributed by atoms with E-state index < -0.39 is 17.8 Å². The number of carbonyl (C=O) groups excluding carboxylic acids is 2. The summed E-state index contributed by atoms with van der Waals surface area (Å²) in [6.45, 7) is 0.152. The molecule has 1 aliphatic heterocycles. The maximum atomic E-state index is 12.1. The van der Waals surface area contributed by atoms with Crippen molar-refractivity contribution in [1.82, 2.24) is 10.6 Å². The van der Waals surface area contributed by atoms with Crippen LogP contribution in [0.25, 0.3) is 6.08 Å². The van der Waals surface area contributed by atoms with Crippen LogP contribution in [0.3, 0.4) is 0 Å². The van der Waals surface area contributed by atoms with Gasteiger partial charge in [-0.05, 0) is 64.1 Å². The zero-order valence-corrected chi connectivity index (χ0v) is 18.5. The molecule has 0 unspecified atom stereocenters. The van der Waals surface area contributed by atoms with E-state index in [1.165, 1.54) is 18.2 Å². The molecule has 1 aliphatic rings. The van der Waals surface area contributed by atoms with E-state index in [2.05, 4.69) is 42.5 Å². The number of halogens is 2. The van der Waals surface area contributed by atoms with Crippen LogP contribution in [0.2, 0.25) is 0 Å². The molecule has 0 atom stereocenters. The first-order chi connectivity index (χ1) is 13.7. The minimum absolute atomic E-state index is 0.0474. The van der Waals surface area contributed by atoms with E-state index >= 15 is 0 Å². The fourth-order valence-corrected chi connectivity index (χ4v) is 4.06. The van der Waals surface area contributed by atoms with Gasteiger partial charge in [0.15, 0.2) is 5.11 Å². The molecule has 1 heterocycles. The van der Waals surface area contributed by atoms with Gasteiger partial charge in [-0.1, -0.05) is 28.1 Å². The van der Waals surface area contributed by atoms with Crippen LogP contribution in [0.4, 0.5) is 0 Å². The van der Waals surface area contributed by atoms with Gasteiger partial charge in [-0.25, -0.2) is 4.79 Å². The molecular weight excluding hydrogens is 528 g/mol. The largest absolute Gasteiger partial charge is 0.487 e. The third kappa shape index (κ3) is 5.08. The Bertz CT molecular complexity index is 1050. The average Bonchev–Trinajstić information content (AvgIpc) is 2.64. The van der Waals surface area contributed by atoms with Crippen molar-refractivity contribution < 1.29 is 24.2 Å². The van der Waals surface area contributed by atoms with Crippen molar-refractivity contribution in [2.24, 2.45) is 0 Å². The molecule has 29 heavy (non-hydrogen) atoms. The molecule has 1 fully saturated rings. The first-order valence-corrected chi connectivity index (χ1v) is 10.1. The van der Waals surface area contributed by atoms with Crippen molar-refractivity contribution >= 4 is 73.0 Å². The lowest BCUT2D eigenvalue weighted by molar-refractivity contribution is -0.123. The highest BCUT2D eigenvalue weighted by Crippen LogP contribution is 2.35. The van der Waals surface area contributed by atoms with Crippen LogP contribution >= 0.6 is 44.1 Å². The molecule has 0 saturated carbocycles. The summed E-state index contributed by atoms with van der Waals surface area (Å²) >= 11 is 11.6. The summed E-state index contributed by atoms with van der Waals surface area (Å²) in [5, 5.41) is 13.7. The number of carbonyl (C=O) groups is 3. The summed E-state index contributed by atoms with van der Waals surface area (Å²) in [4.78, 5) is 35.2. The van der Waals surface area contributed by atoms with E-state index in [0.29, 0.717) is 20.3 Å². The second-order valence-electron chi connectivity index (χ2n) is 5.89. The number of nitrogens with one attached hydrogen (secondary N) is 2. The highest BCUT2D eigenvalue weighted by Gasteiger charge is 2.26. The number of amides is 2. The summed E-state index contributed by atoms with van der Waals surface area (Å²) in [5.74, 6) is -1.81. The molecule has 7 nitrogen and oxygen atoms in total. The van der Waals surface area contributed by atoms with Gasteiger partial charge in [0.25, 0.3) is 11.8 Å². The molecule has 0 bridgehead atoms. The normalized spacial score (nSPS) is 13.6. The molecule has 148 valence electrons. The third-order valence-corrected chi connectivity index (χ3v) is 5.12. The maximum absolute atomic E-state index is 12.1. The second kappa shape index (κ2) is 8.85. The number of benzene rings is 2. The van der Waals surface area contributed by atoms with Gasteiger partial charge < -0.3 is 9.84 Å². The Hall–Kier alpha value is -2.56. The number of thiocarbonyl (C=S) groups is 1. The Morgan fingerprint density at radius 1 is 1.10 bits per heavy atom. The van der Waals surface area contributed by atoms with Crippen LogP contribution in [0.1, 0.15) is 21.5 Å². The summed E-state index contributed by atoms with van der Waals surface area (Å²) in [6.07, 6.45) is 1.41. The van der Waals surface area contributed by atoms with Gasteiger partial charge in [0.05, 0.1) is 10.0 Å². The Morgan fingerprint density at radius 2 is 1.72 bits per heavy atom. The van der Waals surface area contributed by atoms with E-state index in [4.69, 9.17) is 22.1 Å². The lowest BCUT2D eigenvalue weighted by Gasteiger charge is -2.17. The minimum Gasteiger partial charge on any atom is -0.487 e. The summed E-state index contributed by atoms with van der Waals surface area (Å²) in [7, 11) is 0. The van der Waals surface area contributed by atoms with Gasteiger partial charge in [-0.3, -0.25) is 20.2 Å². The zero-order valence-electron chi connectivity index (χ0n) is 14.5. The molecule has 0 aromatic heterocycles. The number of ether oxygens (including phenoxy) is 1. The van der Waals surface area contributed by atoms with Crippen molar-refractivity contribution in [3.8, 4) is 5.75 Å². The predicted octanol–water partition coefficient (Wildman–Crippen LogP) is 3.40. The standard InChI is InChI=1S/C19H12Br2N2O5S/c20-12-5-11(6-13-16(24)22-19(29)23-17(13)25)15(14(21)7-12)28-8-9-1-3-10(4-2-9)18(26)27/h1-7H,8H2,(H,26,27)(H2,22,23,24,25,29). The van der Waals surface area contributed by atoms with Gasteiger partial charge >= 0.3 is 5.97 Å². The van der Waals surface area contributed by atoms with Crippen LogP contribution in [0, 0.1) is 0 Å². The van der Waals surface area contributed by atoms with Crippen LogP contribution in [-0.2, 0) is 16.2 Å². The Kier molecular flexibility index (Phi) is 6.46. The Balaban J connectivity index is 1.90. The molecule has 10 heteroatoms. The smallest absolute Gasteiger partial charge is 0.335 e. The quantitative estimate of drug-likeness (QED) is 0.305. The Labute approximate surface area is 187 Å². The molecule has 1 saturated heterocycles. The van der Waals surface area contributed by atoms with Gasteiger partial charge in [-0.2, -0.15) is 0 Å². The summed E-state index contributed by atoms with van der Waals surface area (Å²) in [5.41, 5.74) is 1.30. The molecule has 3 rings (SSSR count). The molecule has 2 aromatic rings. The minimum atomic E-state index is -1.01. The van der Waals surface area contributed by atoms with Crippen LogP contribution in [0.5, 0.6) is 5.75 Å². The van der Waals surface area contributed by atoms with Gasteiger partial charge in [0.2, 0.25) is 0 Å². The highest BCUT2D eigenvalue weighted by atomic mass is 79.9. The zero-order chi connectivity index (χ0) is 21.1. The van der Waals surface area contributed by atoms with E-state index in [1.807, 2.05) is 0 Å². The van der Waals surface area contributed by atoms with Crippen molar-refractivity contribution in [3.05, 3.63) is 67.6 Å². The molecule has 0 radical (unpaired) electrons. The van der Waals surface area contributed by atoms with E-state index in [9.17, 15) is 14.4 Å². The van der Waals surface area contributed by atoms with Crippen LogP contribution in [0.15, 0.2) is 50.9 Å². The van der Waals surface area contributed by atoms with Gasteiger partial charge in [-0.15, -0.1) is 0 Å². The van der Waals surface area contributed by atoms with Crippen molar-refractivity contribution in [3.63, 3.8) is 0 Å². The number of aromatic carboxylic acids is 1. The number of hydrogen-bond acceptors (Lipinski definition) is 5. The lowest BCUT2D eigenvalue weighted by atomic mass is 10.1. The maximum Gasteiger partial charge on any atom is 0.335 e. The predicted molar refractivity (Wildman–Crippen MR) is 116 cm³/mol. The lowest BCUT2D eigenvalue weighted by Crippen LogP contribution is -2.51. The molecule has 3 N–H and O–H groups in total. The first-order valence-electron chi connectivity index (χ1n) is 8.07. The fourth-order valence-electron chi connectivity index (χ4n) is 2.50. The number of hydrogen-bond donors (Lipinski definition) is 3. The SMILES string of the molecule is O=C1NC(=S)NC(=O)C1=Cc1cc(Br)cc(Br)c1OCc1ccc(C(=O)O)cc1. The first kappa shape index (κ1) is 21.2. The third-order valence-electron chi connectivity index (χ3n) is 3.86. The van der Waals surface area contributed by atoms with Crippen LogP contribution < -0.4 is 15.4 Å². The molecular formula is C19H12Br2N2O5S. The Morgan fingerprint density at radius 3 is 2.31 bits per heavy atom. The topological polar surface area (TPSA) is 105 Å². The molecule has 2 aromatic carbocycles. The number of rotatable bonds is 5. The fraction of sp³-hybridized carbons (Fsp3) is 0.0526. The molecule has 0 aliphatic carbocycles. The second-order valence-corrected chi connectivity index (χ2v) is 8.07. The van der Waals surface area contributed by atoms with E-state index in [0.717, 1.165) is 5.56 Å². The van der Waals surface area contributed by atoms with E-state index in [1.54, 1.807) is 24.3 Å². The van der Waals surface area contributed by atoms with Gasteiger partial charge in [0.1, 0.15) is 17.9 Å². The van der Waals surface area contributed by atoms with E-state index in [-0.39, 0.29) is 22.9 Å². The highest BCUT2D eigenvalue weighted by molar-refractivity contribution is 9.11. The van der Waals surface area contributed by atoms with Crippen LogP contribution in [-0.4, -0.2) is 28.0 Å². The van der Waals surface area contributed by atoms with Gasteiger partial charge in [0, 0.05) is 10.0 Å².